The normalized spacial score (nSPS) is 20.0. The van der Waals surface area contributed by atoms with Crippen LogP contribution in [0.4, 0.5) is 20.6 Å². The maximum Gasteiger partial charge on any atom is 0.427 e. The number of carbonyl (C=O) groups excluding carboxylic acids is 3. The number of carbonyl (C=O) groups is 3. The van der Waals surface area contributed by atoms with Crippen LogP contribution in [0.2, 0.25) is 0 Å². The van der Waals surface area contributed by atoms with Crippen LogP contribution in [0.25, 0.3) is 0 Å². The summed E-state index contributed by atoms with van der Waals surface area (Å²) in [4.78, 5) is 36.4. The Hall–Kier alpha value is -2.90. The molecule has 3 amide bonds. The Morgan fingerprint density at radius 1 is 1.26 bits per heavy atom. The predicted octanol–water partition coefficient (Wildman–Crippen LogP) is 2.32. The van der Waals surface area contributed by atoms with Crippen LogP contribution in [0.15, 0.2) is 23.5 Å². The monoisotopic (exact) mass is 320 g/mol. The van der Waals surface area contributed by atoms with Gasteiger partial charge in [-0.3, -0.25) is 9.59 Å². The van der Waals surface area contributed by atoms with E-state index in [1.165, 1.54) is 13.0 Å². The molecule has 2 aliphatic heterocycles. The summed E-state index contributed by atoms with van der Waals surface area (Å²) in [6.45, 7) is 4.72. The van der Waals surface area contributed by atoms with Gasteiger partial charge in [0, 0.05) is 6.07 Å². The summed E-state index contributed by atoms with van der Waals surface area (Å²) in [6, 6.07) is 2.18. The number of allylic oxidation sites excluding steroid dienone is 1. The van der Waals surface area contributed by atoms with Crippen molar-refractivity contribution in [3.05, 3.63) is 29.3 Å². The summed E-state index contributed by atoms with van der Waals surface area (Å²) in [5.41, 5.74) is 0.360. The maximum atomic E-state index is 14.3. The topological polar surface area (TPSA) is 84.9 Å². The van der Waals surface area contributed by atoms with Crippen LogP contribution < -0.4 is 15.0 Å². The van der Waals surface area contributed by atoms with Gasteiger partial charge in [0.1, 0.15) is 5.75 Å². The minimum Gasteiger partial charge on any atom is -0.479 e. The second-order valence-electron chi connectivity index (χ2n) is 5.39. The molecule has 1 unspecified atom stereocenters. The lowest BCUT2D eigenvalue weighted by Gasteiger charge is -2.24. The average Bonchev–Trinajstić information content (AvgIpc) is 2.76. The first-order valence-corrected chi connectivity index (χ1v) is 6.84. The number of fused-ring (bicyclic) bond motifs is 1. The third-order valence-corrected chi connectivity index (χ3v) is 3.44. The van der Waals surface area contributed by atoms with Crippen LogP contribution in [-0.4, -0.2) is 24.0 Å². The highest BCUT2D eigenvalue weighted by atomic mass is 19.1. The number of anilines is 2. The minimum atomic E-state index is -0.999. The molecule has 120 valence electrons. The van der Waals surface area contributed by atoms with Gasteiger partial charge in [0.25, 0.3) is 5.91 Å². The zero-order valence-corrected chi connectivity index (χ0v) is 12.6. The van der Waals surface area contributed by atoms with Crippen molar-refractivity contribution in [2.75, 3.05) is 10.2 Å². The Morgan fingerprint density at radius 3 is 2.57 bits per heavy atom. The lowest BCUT2D eigenvalue weighted by Crippen LogP contribution is -2.35. The highest BCUT2D eigenvalue weighted by molar-refractivity contribution is 6.24. The molecule has 1 aromatic rings. The Kier molecular flexibility index (Phi) is 3.32. The lowest BCUT2D eigenvalue weighted by molar-refractivity contribution is -0.122. The number of rotatable bonds is 1. The number of imide groups is 1. The molecule has 23 heavy (non-hydrogen) atoms. The highest BCUT2D eigenvalue weighted by Crippen LogP contribution is 2.38. The fourth-order valence-electron chi connectivity index (χ4n) is 2.27. The molecule has 0 radical (unpaired) electrons. The maximum absolute atomic E-state index is 14.3. The molecule has 2 heterocycles. The number of ether oxygens (including phenoxy) is 2. The van der Waals surface area contributed by atoms with E-state index in [9.17, 15) is 18.8 Å². The highest BCUT2D eigenvalue weighted by Gasteiger charge is 2.40. The number of cyclic esters (lactones) is 1. The third-order valence-electron chi connectivity index (χ3n) is 3.44. The number of benzene rings is 1. The Balaban J connectivity index is 2.07. The second-order valence-corrected chi connectivity index (χ2v) is 5.39. The molecule has 1 aromatic carbocycles. The van der Waals surface area contributed by atoms with Crippen molar-refractivity contribution in [3.8, 4) is 5.75 Å². The quantitative estimate of drug-likeness (QED) is 0.803. The van der Waals surface area contributed by atoms with Crippen molar-refractivity contribution >= 4 is 29.3 Å². The number of nitrogens with zero attached hydrogens (tertiary/aromatic N) is 1. The molecule has 0 saturated carbocycles. The van der Waals surface area contributed by atoms with Gasteiger partial charge >= 0.3 is 12.0 Å². The largest absolute Gasteiger partial charge is 0.479 e. The van der Waals surface area contributed by atoms with E-state index in [4.69, 9.17) is 9.47 Å². The van der Waals surface area contributed by atoms with Gasteiger partial charge < -0.3 is 14.8 Å². The molecule has 1 saturated heterocycles. The summed E-state index contributed by atoms with van der Waals surface area (Å²) in [5, 5.41) is 2.53. The van der Waals surface area contributed by atoms with Crippen LogP contribution in [0.5, 0.6) is 5.75 Å². The molecular weight excluding hydrogens is 307 g/mol. The predicted molar refractivity (Wildman–Crippen MR) is 77.5 cm³/mol. The van der Waals surface area contributed by atoms with Crippen molar-refractivity contribution in [3.63, 3.8) is 0 Å². The molecule has 0 bridgehead atoms. The van der Waals surface area contributed by atoms with E-state index in [0.29, 0.717) is 10.5 Å². The van der Waals surface area contributed by atoms with Gasteiger partial charge in [-0.25, -0.2) is 14.1 Å². The average molecular weight is 320 g/mol. The van der Waals surface area contributed by atoms with E-state index in [2.05, 4.69) is 5.32 Å². The summed E-state index contributed by atoms with van der Waals surface area (Å²) in [7, 11) is 0. The van der Waals surface area contributed by atoms with Crippen molar-refractivity contribution in [2.24, 2.45) is 0 Å². The number of halogens is 1. The first-order chi connectivity index (χ1) is 10.8. The van der Waals surface area contributed by atoms with Gasteiger partial charge in [0.2, 0.25) is 0 Å². The molecule has 7 nitrogen and oxygen atoms in total. The molecule has 2 aliphatic rings. The van der Waals surface area contributed by atoms with Gasteiger partial charge in [-0.15, -0.1) is 0 Å². The number of nitrogens with one attached hydrogen (secondary N) is 1. The zero-order valence-electron chi connectivity index (χ0n) is 12.6. The SMILES string of the molecule is CC(C)=C1OC(=O)N(c2cc3c(cc2F)OC(C)C(=O)N3)C1=O. The van der Waals surface area contributed by atoms with E-state index in [-0.39, 0.29) is 22.9 Å². The lowest BCUT2D eigenvalue weighted by atomic mass is 10.2. The number of hydrogen-bond acceptors (Lipinski definition) is 5. The summed E-state index contributed by atoms with van der Waals surface area (Å²) < 4.78 is 24.5. The standard InChI is InChI=1S/C15H13FN2O5/c1-6(2)12-14(20)18(15(21)23-12)10-5-9-11(4-8(10)16)22-7(3)13(19)17-9/h4-5,7H,1-3H3,(H,17,19). The van der Waals surface area contributed by atoms with Crippen molar-refractivity contribution in [2.45, 2.75) is 26.9 Å². The van der Waals surface area contributed by atoms with Crippen molar-refractivity contribution < 1.29 is 28.2 Å². The number of hydrogen-bond donors (Lipinski definition) is 1. The van der Waals surface area contributed by atoms with E-state index in [0.717, 1.165) is 6.07 Å². The molecule has 1 N–H and O–H groups in total. The zero-order chi connectivity index (χ0) is 16.9. The second kappa shape index (κ2) is 5.08. The van der Waals surface area contributed by atoms with Crippen LogP contribution >= 0.6 is 0 Å². The summed E-state index contributed by atoms with van der Waals surface area (Å²) in [5.74, 6) is -2.02. The molecule has 0 aliphatic carbocycles. The molecule has 1 atom stereocenters. The van der Waals surface area contributed by atoms with Crippen LogP contribution in [0.1, 0.15) is 20.8 Å². The molecule has 3 rings (SSSR count). The van der Waals surface area contributed by atoms with Crippen LogP contribution in [0, 0.1) is 5.82 Å². The van der Waals surface area contributed by atoms with E-state index in [1.807, 2.05) is 0 Å². The third kappa shape index (κ3) is 2.32. The van der Waals surface area contributed by atoms with Crippen LogP contribution in [0.3, 0.4) is 0 Å². The Labute approximate surface area is 130 Å². The van der Waals surface area contributed by atoms with E-state index in [1.54, 1.807) is 13.8 Å². The molecule has 0 aromatic heterocycles. The minimum absolute atomic E-state index is 0.126. The first kappa shape index (κ1) is 15.0. The number of amides is 3. The van der Waals surface area contributed by atoms with Crippen molar-refractivity contribution in [1.82, 2.24) is 0 Å². The smallest absolute Gasteiger partial charge is 0.427 e. The van der Waals surface area contributed by atoms with Gasteiger partial charge in [-0.05, 0) is 32.4 Å². The molecule has 1 fully saturated rings. The Bertz CT molecular complexity index is 782. The van der Waals surface area contributed by atoms with Gasteiger partial charge in [-0.2, -0.15) is 0 Å². The van der Waals surface area contributed by atoms with E-state index >= 15 is 0 Å². The summed E-state index contributed by atoms with van der Waals surface area (Å²) >= 11 is 0. The van der Waals surface area contributed by atoms with Gasteiger partial charge in [-0.1, -0.05) is 0 Å². The van der Waals surface area contributed by atoms with Crippen molar-refractivity contribution in [1.29, 1.82) is 0 Å². The van der Waals surface area contributed by atoms with Gasteiger partial charge in [0.05, 0.1) is 11.4 Å². The summed E-state index contributed by atoms with van der Waals surface area (Å²) in [6.07, 6.45) is -1.76. The fourth-order valence-corrected chi connectivity index (χ4v) is 2.27. The van der Waals surface area contributed by atoms with Crippen LogP contribution in [-0.2, 0) is 14.3 Å². The first-order valence-electron chi connectivity index (χ1n) is 6.84. The fraction of sp³-hybridized carbons (Fsp3) is 0.267. The van der Waals surface area contributed by atoms with Gasteiger partial charge in [0.15, 0.2) is 17.7 Å². The van der Waals surface area contributed by atoms with E-state index < -0.39 is 29.8 Å². The molecule has 0 spiro atoms. The molecular formula is C15H13FN2O5. The Morgan fingerprint density at radius 2 is 1.96 bits per heavy atom. The molecule has 8 heteroatoms.